The Morgan fingerprint density at radius 1 is 1.21 bits per heavy atom. The highest BCUT2D eigenvalue weighted by Gasteiger charge is 2.15. The van der Waals surface area contributed by atoms with E-state index in [1.54, 1.807) is 6.07 Å². The number of ether oxygens (including phenoxy) is 1. The fourth-order valence-corrected chi connectivity index (χ4v) is 2.53. The predicted molar refractivity (Wildman–Crippen MR) is 93.4 cm³/mol. The number of hydrogen-bond donors (Lipinski definition) is 2. The molecule has 0 saturated carbocycles. The number of hydrogen-bond acceptors (Lipinski definition) is 3. The predicted octanol–water partition coefficient (Wildman–Crippen LogP) is 3.99. The lowest BCUT2D eigenvalue weighted by Crippen LogP contribution is -2.11. The molecule has 0 radical (unpaired) electrons. The molecule has 5 nitrogen and oxygen atoms in total. The number of nitrogens with one attached hydrogen (secondary N) is 1. The highest BCUT2D eigenvalue weighted by molar-refractivity contribution is 5.86. The summed E-state index contributed by atoms with van der Waals surface area (Å²) in [6.45, 7) is 6.16. The number of pyridine rings is 1. The van der Waals surface area contributed by atoms with Crippen LogP contribution in [0.15, 0.2) is 42.6 Å². The molecule has 3 aromatic rings. The van der Waals surface area contributed by atoms with Gasteiger partial charge in [0.15, 0.2) is 6.61 Å². The molecule has 0 atom stereocenters. The number of carboxylic acids is 1. The summed E-state index contributed by atoms with van der Waals surface area (Å²) in [6, 6.07) is 11.6. The minimum atomic E-state index is -0.993. The molecule has 2 heterocycles. The first-order chi connectivity index (χ1) is 11.3. The van der Waals surface area contributed by atoms with Gasteiger partial charge in [-0.15, -0.1) is 0 Å². The second-order valence-electron chi connectivity index (χ2n) is 6.79. The van der Waals surface area contributed by atoms with Gasteiger partial charge in [-0.2, -0.15) is 0 Å². The number of aromatic amines is 1. The molecule has 0 unspecified atom stereocenters. The molecule has 124 valence electrons. The van der Waals surface area contributed by atoms with Crippen molar-refractivity contribution in [3.8, 4) is 17.1 Å². The van der Waals surface area contributed by atoms with Crippen molar-refractivity contribution in [2.45, 2.75) is 26.2 Å². The molecule has 3 rings (SSSR count). The van der Waals surface area contributed by atoms with E-state index in [0.29, 0.717) is 5.75 Å². The summed E-state index contributed by atoms with van der Waals surface area (Å²) in [7, 11) is 0. The van der Waals surface area contributed by atoms with Gasteiger partial charge in [-0.3, -0.25) is 4.98 Å². The lowest BCUT2D eigenvalue weighted by Gasteiger charge is -2.19. The zero-order valence-corrected chi connectivity index (χ0v) is 14.0. The first kappa shape index (κ1) is 16.1. The van der Waals surface area contributed by atoms with E-state index in [-0.39, 0.29) is 12.0 Å². The largest absolute Gasteiger partial charge is 0.482 e. The highest BCUT2D eigenvalue weighted by Crippen LogP contribution is 2.29. The van der Waals surface area contributed by atoms with Gasteiger partial charge in [0, 0.05) is 17.1 Å². The molecule has 2 N–H and O–H groups in total. The van der Waals surface area contributed by atoms with Crippen LogP contribution in [0.25, 0.3) is 22.3 Å². The molecule has 5 heteroatoms. The lowest BCUT2D eigenvalue weighted by molar-refractivity contribution is -0.139. The summed E-state index contributed by atoms with van der Waals surface area (Å²) >= 11 is 0. The molecule has 0 fully saturated rings. The molecule has 1 aromatic carbocycles. The van der Waals surface area contributed by atoms with Crippen LogP contribution >= 0.6 is 0 Å². The summed E-state index contributed by atoms with van der Waals surface area (Å²) in [5.41, 5.74) is 4.03. The number of carboxylic acid groups (broad SMARTS) is 1. The van der Waals surface area contributed by atoms with Gasteiger partial charge in [-0.1, -0.05) is 20.8 Å². The molecule has 24 heavy (non-hydrogen) atoms. The van der Waals surface area contributed by atoms with Crippen molar-refractivity contribution in [1.29, 1.82) is 0 Å². The zero-order chi connectivity index (χ0) is 17.3. The molecule has 0 bridgehead atoms. The van der Waals surface area contributed by atoms with Crippen LogP contribution in [0.5, 0.6) is 5.75 Å². The van der Waals surface area contributed by atoms with Gasteiger partial charge < -0.3 is 14.8 Å². The summed E-state index contributed by atoms with van der Waals surface area (Å²) in [4.78, 5) is 18.4. The van der Waals surface area contributed by atoms with Crippen LogP contribution < -0.4 is 4.74 Å². The molecular weight excluding hydrogens is 304 g/mol. The number of H-pyrrole nitrogens is 1. The maximum Gasteiger partial charge on any atom is 0.341 e. The van der Waals surface area contributed by atoms with E-state index in [2.05, 4.69) is 36.8 Å². The van der Waals surface area contributed by atoms with Gasteiger partial charge in [0.25, 0.3) is 0 Å². The standard InChI is InChI=1S/C19H20N2O3/c1-19(2,3)13-6-7-20-16(10-13)17-9-12-8-14(24-11-18(22)23)4-5-15(12)21-17/h4-10,21H,11H2,1-3H3,(H,22,23). The Morgan fingerprint density at radius 2 is 2.00 bits per heavy atom. The molecule has 0 aliphatic rings. The third-order valence-corrected chi connectivity index (χ3v) is 3.86. The first-order valence-corrected chi connectivity index (χ1v) is 7.77. The fraction of sp³-hybridized carbons (Fsp3) is 0.263. The van der Waals surface area contributed by atoms with Crippen molar-refractivity contribution in [2.75, 3.05) is 6.61 Å². The van der Waals surface area contributed by atoms with E-state index in [0.717, 1.165) is 22.3 Å². The van der Waals surface area contributed by atoms with E-state index < -0.39 is 5.97 Å². The molecule has 0 amide bonds. The monoisotopic (exact) mass is 324 g/mol. The molecule has 2 aromatic heterocycles. The summed E-state index contributed by atoms with van der Waals surface area (Å²) in [6.07, 6.45) is 1.82. The third kappa shape index (κ3) is 3.40. The van der Waals surface area contributed by atoms with Crippen molar-refractivity contribution in [3.63, 3.8) is 0 Å². The number of aliphatic carboxylic acids is 1. The van der Waals surface area contributed by atoms with Crippen LogP contribution in [-0.4, -0.2) is 27.7 Å². The second-order valence-corrected chi connectivity index (χ2v) is 6.79. The topological polar surface area (TPSA) is 75.2 Å². The van der Waals surface area contributed by atoms with Crippen LogP contribution in [0.1, 0.15) is 26.3 Å². The Morgan fingerprint density at radius 3 is 2.71 bits per heavy atom. The first-order valence-electron chi connectivity index (χ1n) is 7.77. The highest BCUT2D eigenvalue weighted by atomic mass is 16.5. The van der Waals surface area contributed by atoms with Crippen molar-refractivity contribution in [3.05, 3.63) is 48.2 Å². The van der Waals surface area contributed by atoms with E-state index in [1.165, 1.54) is 5.56 Å². The Balaban J connectivity index is 1.95. The van der Waals surface area contributed by atoms with Gasteiger partial charge >= 0.3 is 5.97 Å². The van der Waals surface area contributed by atoms with Crippen molar-refractivity contribution in [1.82, 2.24) is 9.97 Å². The number of aromatic nitrogens is 2. The van der Waals surface area contributed by atoms with Gasteiger partial charge in [-0.25, -0.2) is 4.79 Å². The molecular formula is C19H20N2O3. The molecule has 0 spiro atoms. The second kappa shape index (κ2) is 6.00. The Kier molecular flexibility index (Phi) is 4.01. The summed E-state index contributed by atoms with van der Waals surface area (Å²) in [5.74, 6) is -0.458. The Labute approximate surface area is 140 Å². The lowest BCUT2D eigenvalue weighted by atomic mass is 9.87. The van der Waals surface area contributed by atoms with E-state index in [9.17, 15) is 4.79 Å². The van der Waals surface area contributed by atoms with Gasteiger partial charge in [0.2, 0.25) is 0 Å². The number of rotatable bonds is 4. The van der Waals surface area contributed by atoms with Crippen molar-refractivity contribution >= 4 is 16.9 Å². The van der Waals surface area contributed by atoms with Crippen LogP contribution in [-0.2, 0) is 10.2 Å². The van der Waals surface area contributed by atoms with E-state index in [1.807, 2.05) is 30.5 Å². The minimum absolute atomic E-state index is 0.0571. The average molecular weight is 324 g/mol. The minimum Gasteiger partial charge on any atom is -0.482 e. The molecule has 0 saturated heterocycles. The number of fused-ring (bicyclic) bond motifs is 1. The van der Waals surface area contributed by atoms with Crippen LogP contribution in [0, 0.1) is 0 Å². The number of carbonyl (C=O) groups is 1. The van der Waals surface area contributed by atoms with E-state index >= 15 is 0 Å². The van der Waals surface area contributed by atoms with Crippen LogP contribution in [0.3, 0.4) is 0 Å². The Hall–Kier alpha value is -2.82. The third-order valence-electron chi connectivity index (χ3n) is 3.86. The maximum atomic E-state index is 10.6. The smallest absolute Gasteiger partial charge is 0.341 e. The average Bonchev–Trinajstić information content (AvgIpc) is 2.95. The molecule has 0 aliphatic heterocycles. The van der Waals surface area contributed by atoms with Crippen LogP contribution in [0.4, 0.5) is 0 Å². The zero-order valence-electron chi connectivity index (χ0n) is 14.0. The number of benzene rings is 1. The summed E-state index contributed by atoms with van der Waals surface area (Å²) in [5, 5.41) is 9.65. The normalized spacial score (nSPS) is 11.6. The maximum absolute atomic E-state index is 10.6. The fourth-order valence-electron chi connectivity index (χ4n) is 2.53. The van der Waals surface area contributed by atoms with Gasteiger partial charge in [-0.05, 0) is 47.4 Å². The quantitative estimate of drug-likeness (QED) is 0.761. The van der Waals surface area contributed by atoms with E-state index in [4.69, 9.17) is 9.84 Å². The summed E-state index contributed by atoms with van der Waals surface area (Å²) < 4.78 is 5.23. The van der Waals surface area contributed by atoms with Gasteiger partial charge in [0.05, 0.1) is 11.4 Å². The number of nitrogens with zero attached hydrogens (tertiary/aromatic N) is 1. The van der Waals surface area contributed by atoms with Crippen molar-refractivity contribution in [2.24, 2.45) is 0 Å². The van der Waals surface area contributed by atoms with Crippen LogP contribution in [0.2, 0.25) is 0 Å². The van der Waals surface area contributed by atoms with Crippen molar-refractivity contribution < 1.29 is 14.6 Å². The Bertz CT molecular complexity index is 891. The molecule has 0 aliphatic carbocycles. The SMILES string of the molecule is CC(C)(C)c1ccnc(-c2cc3cc(OCC(=O)O)ccc3[nH]2)c1. The van der Waals surface area contributed by atoms with Gasteiger partial charge in [0.1, 0.15) is 5.75 Å².